The highest BCUT2D eigenvalue weighted by atomic mass is 32.2. The molecule has 2 bridgehead atoms. The number of hydrogen-bond donors (Lipinski definition) is 0. The van der Waals surface area contributed by atoms with Gasteiger partial charge in [-0.3, -0.25) is 8.75 Å². The summed E-state index contributed by atoms with van der Waals surface area (Å²) in [6.45, 7) is 4.50. The highest BCUT2D eigenvalue weighted by Gasteiger charge is 2.65. The fraction of sp³-hybridized carbons (Fsp3) is 0.478. The average molecular weight is 431 g/mol. The van der Waals surface area contributed by atoms with E-state index >= 15 is 0 Å². The Morgan fingerprint density at radius 1 is 0.966 bits per heavy atom. The third-order valence-electron chi connectivity index (χ3n) is 7.25. The van der Waals surface area contributed by atoms with Gasteiger partial charge in [0.05, 0.1) is 12.4 Å². The lowest BCUT2D eigenvalue weighted by Crippen LogP contribution is -2.62. The Kier molecular flexibility index (Phi) is 5.21. The highest BCUT2D eigenvalue weighted by Crippen LogP contribution is 2.68. The van der Waals surface area contributed by atoms with Crippen LogP contribution in [0, 0.1) is 23.2 Å². The summed E-state index contributed by atoms with van der Waals surface area (Å²) >= 11 is 0. The predicted octanol–water partition coefficient (Wildman–Crippen LogP) is 5.25. The molecule has 3 fully saturated rings. The Morgan fingerprint density at radius 2 is 1.48 bits per heavy atom. The molecule has 4 atom stereocenters. The molecule has 4 nitrogen and oxygen atoms in total. The lowest BCUT2D eigenvalue weighted by atomic mass is 9.42. The summed E-state index contributed by atoms with van der Waals surface area (Å²) in [5, 5.41) is -0.870. The van der Waals surface area contributed by atoms with E-state index in [1.54, 1.807) is 0 Å². The number of fused-ring (bicyclic) bond motifs is 2. The molecule has 0 heterocycles. The maximum absolute atomic E-state index is 13.1. The van der Waals surface area contributed by atoms with Crippen molar-refractivity contribution in [3.63, 3.8) is 0 Å². The molecule has 0 aromatic heterocycles. The molecule has 5 rings (SSSR count). The normalized spacial score (nSPS) is 28.7. The van der Waals surface area contributed by atoms with Crippen LogP contribution in [0.2, 0.25) is 0 Å². The lowest BCUT2D eigenvalue weighted by molar-refractivity contribution is -0.160. The van der Waals surface area contributed by atoms with Crippen LogP contribution in [-0.4, -0.2) is 20.8 Å². The van der Waals surface area contributed by atoms with Gasteiger partial charge in [0.2, 0.25) is 0 Å². The van der Waals surface area contributed by atoms with Crippen LogP contribution in [0.5, 0.6) is 0 Å². The molecule has 29 heavy (non-hydrogen) atoms. The lowest BCUT2D eigenvalue weighted by Gasteiger charge is -2.64. The Hall–Kier alpha value is -1.55. The van der Waals surface area contributed by atoms with E-state index in [1.807, 2.05) is 60.7 Å². The van der Waals surface area contributed by atoms with Crippen LogP contribution in [0.1, 0.15) is 37.8 Å². The summed E-state index contributed by atoms with van der Waals surface area (Å²) in [7, 11) is -3.68. The molecular weight excluding hydrogens is 403 g/mol. The Morgan fingerprint density at radius 3 is 1.90 bits per heavy atom. The summed E-state index contributed by atoms with van der Waals surface area (Å²) in [5.41, 5.74) is 1.91. The van der Waals surface area contributed by atoms with Crippen LogP contribution in [0.25, 0.3) is 0 Å². The van der Waals surface area contributed by atoms with Crippen molar-refractivity contribution < 1.29 is 17.2 Å². The fourth-order valence-corrected chi connectivity index (χ4v) is 7.36. The van der Waals surface area contributed by atoms with Crippen molar-refractivity contribution in [3.8, 4) is 0 Å². The second kappa shape index (κ2) is 7.30. The first-order chi connectivity index (χ1) is 13.7. The third kappa shape index (κ3) is 3.37. The Bertz CT molecular complexity index is 949. The summed E-state index contributed by atoms with van der Waals surface area (Å²) in [6, 6.07) is 19.6. The van der Waals surface area contributed by atoms with Crippen molar-refractivity contribution in [2.24, 2.45) is 23.2 Å². The molecule has 0 radical (unpaired) electrons. The molecule has 0 spiro atoms. The van der Waals surface area contributed by atoms with Crippen LogP contribution in [0.3, 0.4) is 0 Å². The van der Waals surface area contributed by atoms with Crippen molar-refractivity contribution in [3.05, 3.63) is 71.8 Å². The van der Waals surface area contributed by atoms with E-state index in [9.17, 15) is 13.0 Å². The van der Waals surface area contributed by atoms with Crippen LogP contribution < -0.4 is 0 Å². The second-order valence-electron chi connectivity index (χ2n) is 9.05. The molecule has 2 aromatic rings. The van der Waals surface area contributed by atoms with Gasteiger partial charge in [-0.1, -0.05) is 74.5 Å². The highest BCUT2D eigenvalue weighted by molar-refractivity contribution is 7.86. The van der Waals surface area contributed by atoms with Crippen molar-refractivity contribution in [2.45, 2.75) is 37.9 Å². The average Bonchev–Trinajstić information content (AvgIpc) is 2.70. The molecule has 0 amide bonds. The third-order valence-corrected chi connectivity index (χ3v) is 8.95. The maximum atomic E-state index is 13.1. The van der Waals surface area contributed by atoms with E-state index in [1.165, 1.54) is 0 Å². The van der Waals surface area contributed by atoms with E-state index in [0.717, 1.165) is 23.8 Å². The van der Waals surface area contributed by atoms with E-state index < -0.39 is 21.4 Å². The molecular formula is C23H27O4PS. The number of hydrogen-bond acceptors (Lipinski definition) is 4. The largest absolute Gasteiger partial charge is 0.274 e. The van der Waals surface area contributed by atoms with Crippen molar-refractivity contribution >= 4 is 18.6 Å². The van der Waals surface area contributed by atoms with Crippen LogP contribution in [0.15, 0.2) is 60.7 Å². The van der Waals surface area contributed by atoms with E-state index in [-0.39, 0.29) is 25.7 Å². The zero-order valence-corrected chi connectivity index (χ0v) is 18.7. The van der Waals surface area contributed by atoms with Crippen molar-refractivity contribution in [1.29, 1.82) is 0 Å². The molecule has 3 aliphatic carbocycles. The Balaban J connectivity index is 1.95. The number of benzene rings is 2. The van der Waals surface area contributed by atoms with Gasteiger partial charge < -0.3 is 0 Å². The molecule has 154 valence electrons. The fourth-order valence-electron chi connectivity index (χ4n) is 5.74. The monoisotopic (exact) mass is 430 g/mol. The van der Waals surface area contributed by atoms with Gasteiger partial charge in [0, 0.05) is 5.92 Å². The van der Waals surface area contributed by atoms with Crippen LogP contribution in [0.4, 0.5) is 0 Å². The van der Waals surface area contributed by atoms with E-state index in [0.29, 0.717) is 12.3 Å². The van der Waals surface area contributed by atoms with Crippen LogP contribution in [-0.2, 0) is 24.0 Å². The van der Waals surface area contributed by atoms with Crippen LogP contribution >= 0.6 is 8.46 Å². The SMILES string of the molecule is CC1(C)C2CC1[C@H](C(P=O)(c1ccccc1)c1ccccc1)[C@H](OS(C)(=O)=O)C2. The topological polar surface area (TPSA) is 60.4 Å². The molecule has 3 saturated carbocycles. The minimum atomic E-state index is -3.63. The molecule has 2 aromatic carbocycles. The molecule has 0 aliphatic heterocycles. The zero-order valence-electron chi connectivity index (χ0n) is 17.0. The summed E-state index contributed by atoms with van der Waals surface area (Å²) in [6.07, 6.45) is 2.29. The zero-order chi connectivity index (χ0) is 20.9. The van der Waals surface area contributed by atoms with Gasteiger partial charge in [0.15, 0.2) is 8.46 Å². The summed E-state index contributed by atoms with van der Waals surface area (Å²) in [5.74, 6) is 0.416. The van der Waals surface area contributed by atoms with Gasteiger partial charge in [-0.05, 0) is 41.2 Å². The minimum Gasteiger partial charge on any atom is -0.274 e. The number of rotatable bonds is 6. The predicted molar refractivity (Wildman–Crippen MR) is 114 cm³/mol. The minimum absolute atomic E-state index is 0.0484. The van der Waals surface area contributed by atoms with Gasteiger partial charge in [0.1, 0.15) is 5.16 Å². The quantitative estimate of drug-likeness (QED) is 0.464. The van der Waals surface area contributed by atoms with Gasteiger partial charge in [-0.15, -0.1) is 0 Å². The molecule has 0 N–H and O–H groups in total. The molecule has 3 aliphatic rings. The maximum Gasteiger partial charge on any atom is 0.264 e. The van der Waals surface area contributed by atoms with Gasteiger partial charge in [-0.25, -0.2) is 0 Å². The van der Waals surface area contributed by atoms with Gasteiger partial charge in [0.25, 0.3) is 10.1 Å². The second-order valence-corrected chi connectivity index (χ2v) is 11.5. The summed E-state index contributed by atoms with van der Waals surface area (Å²) < 4.78 is 43.0. The molecule has 6 heteroatoms. The molecule has 2 unspecified atom stereocenters. The van der Waals surface area contributed by atoms with E-state index in [4.69, 9.17) is 4.18 Å². The standard InChI is InChI=1S/C23H27O4PS/c1-22(2)18-14-19(22)21(20(15-18)27-29(3,25)26)23(28-24,16-10-6-4-7-11-16)17-12-8-5-9-13-17/h4-13,18-21H,14-15H2,1-3H3/t18?,19?,20-,21+/m1/s1. The van der Waals surface area contributed by atoms with Gasteiger partial charge >= 0.3 is 0 Å². The van der Waals surface area contributed by atoms with E-state index in [2.05, 4.69) is 13.8 Å². The van der Waals surface area contributed by atoms with Gasteiger partial charge in [-0.2, -0.15) is 8.42 Å². The first-order valence-electron chi connectivity index (χ1n) is 10.0. The van der Waals surface area contributed by atoms with Crippen molar-refractivity contribution in [1.82, 2.24) is 0 Å². The summed E-state index contributed by atoms with van der Waals surface area (Å²) in [4.78, 5) is 0. The molecule has 0 saturated heterocycles. The first-order valence-corrected chi connectivity index (χ1v) is 12.7. The Labute approximate surface area is 175 Å². The van der Waals surface area contributed by atoms with Crippen molar-refractivity contribution in [2.75, 3.05) is 6.26 Å². The first kappa shape index (κ1) is 20.7. The smallest absolute Gasteiger partial charge is 0.264 e.